The van der Waals surface area contributed by atoms with Crippen LogP contribution >= 0.6 is 0 Å². The van der Waals surface area contributed by atoms with Gasteiger partial charge in [0.25, 0.3) is 5.91 Å². The van der Waals surface area contributed by atoms with Crippen LogP contribution in [0.1, 0.15) is 0 Å². The molecule has 0 aliphatic carbocycles. The minimum Gasteiger partial charge on any atom is -0.484 e. The zero-order chi connectivity index (χ0) is 16.6. The van der Waals surface area contributed by atoms with Gasteiger partial charge in [0.15, 0.2) is 6.61 Å². The third-order valence-electron chi connectivity index (χ3n) is 3.10. The summed E-state index contributed by atoms with van der Waals surface area (Å²) in [4.78, 5) is 15.8. The molecule has 0 unspecified atom stereocenters. The van der Waals surface area contributed by atoms with Crippen LogP contribution in [-0.4, -0.2) is 17.5 Å². The summed E-state index contributed by atoms with van der Waals surface area (Å²) in [5.41, 5.74) is 0. The molecular formula is C19H16N2O3. The van der Waals surface area contributed by atoms with Gasteiger partial charge < -0.3 is 14.8 Å². The van der Waals surface area contributed by atoms with Gasteiger partial charge in [-0.15, -0.1) is 0 Å². The third-order valence-corrected chi connectivity index (χ3v) is 3.10. The SMILES string of the molecule is O=C(COc1ccc(Oc2ccccc2)cc1)Nc1ccccn1. The maximum atomic E-state index is 11.8. The van der Waals surface area contributed by atoms with Gasteiger partial charge in [-0.25, -0.2) is 4.98 Å². The van der Waals surface area contributed by atoms with Gasteiger partial charge in [-0.3, -0.25) is 4.79 Å². The molecule has 120 valence electrons. The standard InChI is InChI=1S/C19H16N2O3/c22-19(21-18-8-4-5-13-20-18)14-23-15-9-11-17(12-10-15)24-16-6-2-1-3-7-16/h1-13H,14H2,(H,20,21,22). The molecule has 1 heterocycles. The quantitative estimate of drug-likeness (QED) is 0.748. The molecule has 1 N–H and O–H groups in total. The number of rotatable bonds is 6. The number of hydrogen-bond acceptors (Lipinski definition) is 4. The van der Waals surface area contributed by atoms with E-state index >= 15 is 0 Å². The molecule has 5 nitrogen and oxygen atoms in total. The molecule has 0 saturated heterocycles. The first-order valence-electron chi connectivity index (χ1n) is 7.46. The number of aromatic nitrogens is 1. The molecule has 3 aromatic rings. The van der Waals surface area contributed by atoms with Crippen LogP contribution in [0.4, 0.5) is 5.82 Å². The smallest absolute Gasteiger partial charge is 0.263 e. The zero-order valence-electron chi connectivity index (χ0n) is 12.9. The number of carbonyl (C=O) groups is 1. The fourth-order valence-corrected chi connectivity index (χ4v) is 1.99. The van der Waals surface area contributed by atoms with Gasteiger partial charge >= 0.3 is 0 Å². The number of amides is 1. The van der Waals surface area contributed by atoms with Crippen LogP contribution in [-0.2, 0) is 4.79 Å². The van der Waals surface area contributed by atoms with Crippen molar-refractivity contribution in [2.75, 3.05) is 11.9 Å². The van der Waals surface area contributed by atoms with E-state index in [0.717, 1.165) is 5.75 Å². The Bertz CT molecular complexity index is 775. The van der Waals surface area contributed by atoms with E-state index in [9.17, 15) is 4.79 Å². The molecule has 0 spiro atoms. The van der Waals surface area contributed by atoms with E-state index < -0.39 is 0 Å². The second kappa shape index (κ2) is 7.78. The second-order valence-electron chi connectivity index (χ2n) is 4.94. The Balaban J connectivity index is 1.50. The largest absolute Gasteiger partial charge is 0.484 e. The summed E-state index contributed by atoms with van der Waals surface area (Å²) in [5, 5.41) is 2.66. The van der Waals surface area contributed by atoms with Gasteiger partial charge in [-0.05, 0) is 48.5 Å². The van der Waals surface area contributed by atoms with Gasteiger partial charge in [0, 0.05) is 6.20 Å². The number of carbonyl (C=O) groups excluding carboxylic acids is 1. The van der Waals surface area contributed by atoms with Gasteiger partial charge in [0.1, 0.15) is 23.1 Å². The Morgan fingerprint density at radius 2 is 1.50 bits per heavy atom. The molecule has 1 aromatic heterocycles. The highest BCUT2D eigenvalue weighted by atomic mass is 16.5. The first kappa shape index (κ1) is 15.6. The Morgan fingerprint density at radius 1 is 0.833 bits per heavy atom. The minimum absolute atomic E-state index is 0.0878. The van der Waals surface area contributed by atoms with Crippen molar-refractivity contribution in [3.63, 3.8) is 0 Å². The lowest BCUT2D eigenvalue weighted by atomic mass is 10.3. The Morgan fingerprint density at radius 3 is 2.21 bits per heavy atom. The van der Waals surface area contributed by atoms with Gasteiger partial charge in [0.2, 0.25) is 0 Å². The molecule has 24 heavy (non-hydrogen) atoms. The van der Waals surface area contributed by atoms with Gasteiger partial charge in [-0.1, -0.05) is 24.3 Å². The van der Waals surface area contributed by atoms with E-state index in [1.165, 1.54) is 0 Å². The summed E-state index contributed by atoms with van der Waals surface area (Å²) in [7, 11) is 0. The molecule has 2 aromatic carbocycles. The highest BCUT2D eigenvalue weighted by molar-refractivity contribution is 5.90. The summed E-state index contributed by atoms with van der Waals surface area (Å²) in [6, 6.07) is 21.9. The van der Waals surface area contributed by atoms with Crippen LogP contribution in [0.15, 0.2) is 79.0 Å². The van der Waals surface area contributed by atoms with Gasteiger partial charge in [0.05, 0.1) is 0 Å². The van der Waals surface area contributed by atoms with Crippen molar-refractivity contribution >= 4 is 11.7 Å². The summed E-state index contributed by atoms with van der Waals surface area (Å²) in [5.74, 6) is 2.29. The molecule has 0 aliphatic heterocycles. The molecule has 0 radical (unpaired) electrons. The summed E-state index contributed by atoms with van der Waals surface area (Å²) >= 11 is 0. The van der Waals surface area contributed by atoms with Crippen LogP contribution in [0.2, 0.25) is 0 Å². The highest BCUT2D eigenvalue weighted by Gasteiger charge is 2.04. The van der Waals surface area contributed by atoms with Crippen LogP contribution in [0.3, 0.4) is 0 Å². The van der Waals surface area contributed by atoms with E-state index in [1.807, 2.05) is 30.3 Å². The molecule has 0 atom stereocenters. The Labute approximate surface area is 139 Å². The van der Waals surface area contributed by atoms with Crippen molar-refractivity contribution < 1.29 is 14.3 Å². The van der Waals surface area contributed by atoms with E-state index in [-0.39, 0.29) is 12.5 Å². The summed E-state index contributed by atoms with van der Waals surface area (Å²) in [6.07, 6.45) is 1.61. The number of nitrogens with zero attached hydrogens (tertiary/aromatic N) is 1. The van der Waals surface area contributed by atoms with Crippen molar-refractivity contribution in [2.24, 2.45) is 0 Å². The van der Waals surface area contributed by atoms with Crippen molar-refractivity contribution in [3.8, 4) is 17.2 Å². The maximum absolute atomic E-state index is 11.8. The predicted molar refractivity (Wildman–Crippen MR) is 91.3 cm³/mol. The average Bonchev–Trinajstić information content (AvgIpc) is 2.63. The minimum atomic E-state index is -0.265. The van der Waals surface area contributed by atoms with Crippen molar-refractivity contribution in [2.45, 2.75) is 0 Å². The van der Waals surface area contributed by atoms with Crippen LogP contribution in [0, 0.1) is 0 Å². The molecule has 5 heteroatoms. The number of benzene rings is 2. The van der Waals surface area contributed by atoms with Crippen molar-refractivity contribution in [3.05, 3.63) is 79.0 Å². The van der Waals surface area contributed by atoms with E-state index in [0.29, 0.717) is 17.3 Å². The van der Waals surface area contributed by atoms with Crippen LogP contribution in [0.5, 0.6) is 17.2 Å². The Hall–Kier alpha value is -3.34. The van der Waals surface area contributed by atoms with E-state index in [2.05, 4.69) is 10.3 Å². The first-order chi connectivity index (χ1) is 11.8. The molecule has 3 rings (SSSR count). The monoisotopic (exact) mass is 320 g/mol. The predicted octanol–water partition coefficient (Wildman–Crippen LogP) is 3.89. The lowest BCUT2D eigenvalue weighted by Crippen LogP contribution is -2.20. The average molecular weight is 320 g/mol. The van der Waals surface area contributed by atoms with Crippen molar-refractivity contribution in [1.82, 2.24) is 4.98 Å². The molecule has 1 amide bonds. The number of nitrogens with one attached hydrogen (secondary N) is 1. The molecular weight excluding hydrogens is 304 g/mol. The summed E-state index contributed by atoms with van der Waals surface area (Å²) < 4.78 is 11.1. The number of hydrogen-bond donors (Lipinski definition) is 1. The van der Waals surface area contributed by atoms with E-state index in [1.54, 1.807) is 48.7 Å². The first-order valence-corrected chi connectivity index (χ1v) is 7.46. The molecule has 0 saturated carbocycles. The number of ether oxygens (including phenoxy) is 2. The fraction of sp³-hybridized carbons (Fsp3) is 0.0526. The lowest BCUT2D eigenvalue weighted by molar-refractivity contribution is -0.118. The normalized spacial score (nSPS) is 10.0. The van der Waals surface area contributed by atoms with E-state index in [4.69, 9.17) is 9.47 Å². The zero-order valence-corrected chi connectivity index (χ0v) is 12.9. The number of anilines is 1. The van der Waals surface area contributed by atoms with Crippen molar-refractivity contribution in [1.29, 1.82) is 0 Å². The van der Waals surface area contributed by atoms with Gasteiger partial charge in [-0.2, -0.15) is 0 Å². The molecule has 0 fully saturated rings. The fourth-order valence-electron chi connectivity index (χ4n) is 1.99. The highest BCUT2D eigenvalue weighted by Crippen LogP contribution is 2.23. The number of pyridine rings is 1. The molecule has 0 bridgehead atoms. The maximum Gasteiger partial charge on any atom is 0.263 e. The Kier molecular flexibility index (Phi) is 5.04. The number of para-hydroxylation sites is 1. The topological polar surface area (TPSA) is 60.5 Å². The third kappa shape index (κ3) is 4.58. The molecule has 0 aliphatic rings. The van der Waals surface area contributed by atoms with Crippen LogP contribution in [0.25, 0.3) is 0 Å². The second-order valence-corrected chi connectivity index (χ2v) is 4.94. The van der Waals surface area contributed by atoms with Crippen LogP contribution < -0.4 is 14.8 Å². The summed E-state index contributed by atoms with van der Waals surface area (Å²) in [6.45, 7) is -0.0878. The lowest BCUT2D eigenvalue weighted by Gasteiger charge is -2.08.